The third-order valence-corrected chi connectivity index (χ3v) is 2.83. The molecule has 0 saturated carbocycles. The first-order valence-corrected chi connectivity index (χ1v) is 5.54. The molecule has 0 aromatic carbocycles. The van der Waals surface area contributed by atoms with Crippen LogP contribution in [0.1, 0.15) is 12.6 Å². The second-order valence-electron chi connectivity index (χ2n) is 4.14. The van der Waals surface area contributed by atoms with E-state index in [0.717, 1.165) is 15.3 Å². The van der Waals surface area contributed by atoms with Crippen molar-refractivity contribution in [3.63, 3.8) is 0 Å². The van der Waals surface area contributed by atoms with Gasteiger partial charge in [0.25, 0.3) is 5.56 Å². The van der Waals surface area contributed by atoms with Crippen LogP contribution in [0.5, 0.6) is 0 Å². The summed E-state index contributed by atoms with van der Waals surface area (Å²) in [6.45, 7) is 1.19. The van der Waals surface area contributed by atoms with Gasteiger partial charge < -0.3 is 5.21 Å². The lowest BCUT2D eigenvalue weighted by molar-refractivity contribution is -0.111. The fourth-order valence-corrected chi connectivity index (χ4v) is 1.75. The molecule has 2 rings (SSSR count). The van der Waals surface area contributed by atoms with Crippen LogP contribution >= 0.6 is 0 Å². The largest absolute Gasteiger partial charge is 0.410 e. The number of carbonyl (C=O) groups excluding carboxylic acids is 1. The number of ketones is 1. The number of aryl methyl sites for hydroxylation is 1. The highest BCUT2D eigenvalue weighted by Crippen LogP contribution is 2.04. The van der Waals surface area contributed by atoms with E-state index in [1.54, 1.807) is 0 Å². The SMILES string of the molecule is CC(=O)/C(=N\O)c1cnc2c(n1)c(=O)n(C)c(=O)n2C. The number of aromatic nitrogens is 4. The minimum atomic E-state index is -0.640. The summed E-state index contributed by atoms with van der Waals surface area (Å²) in [4.78, 5) is 42.9. The van der Waals surface area contributed by atoms with Crippen LogP contribution in [0, 0.1) is 0 Å². The van der Waals surface area contributed by atoms with E-state index in [0.29, 0.717) is 0 Å². The van der Waals surface area contributed by atoms with Gasteiger partial charge in [0.05, 0.1) is 6.20 Å². The summed E-state index contributed by atoms with van der Waals surface area (Å²) < 4.78 is 2.04. The summed E-state index contributed by atoms with van der Waals surface area (Å²) in [6, 6.07) is 0. The zero-order valence-electron chi connectivity index (χ0n) is 11.0. The van der Waals surface area contributed by atoms with E-state index < -0.39 is 17.0 Å². The molecule has 9 heteroatoms. The number of fused-ring (bicyclic) bond motifs is 1. The van der Waals surface area contributed by atoms with Crippen LogP contribution in [-0.2, 0) is 18.9 Å². The number of rotatable bonds is 2. The average molecular weight is 277 g/mol. The van der Waals surface area contributed by atoms with E-state index in [1.807, 2.05) is 0 Å². The number of oxime groups is 1. The third kappa shape index (κ3) is 1.88. The van der Waals surface area contributed by atoms with Gasteiger partial charge in [-0.25, -0.2) is 14.8 Å². The lowest BCUT2D eigenvalue weighted by Gasteiger charge is -2.07. The van der Waals surface area contributed by atoms with Crippen LogP contribution in [-0.4, -0.2) is 35.8 Å². The lowest BCUT2D eigenvalue weighted by atomic mass is 10.2. The molecule has 0 unspecified atom stereocenters. The van der Waals surface area contributed by atoms with Crippen LogP contribution in [0.3, 0.4) is 0 Å². The summed E-state index contributed by atoms with van der Waals surface area (Å²) in [5, 5.41) is 11.6. The summed E-state index contributed by atoms with van der Waals surface area (Å²) >= 11 is 0. The maximum Gasteiger partial charge on any atom is 0.332 e. The minimum absolute atomic E-state index is 0.0387. The van der Waals surface area contributed by atoms with E-state index in [4.69, 9.17) is 5.21 Å². The monoisotopic (exact) mass is 277 g/mol. The molecule has 0 spiro atoms. The number of nitrogens with zero attached hydrogens (tertiary/aromatic N) is 5. The van der Waals surface area contributed by atoms with Crippen LogP contribution < -0.4 is 11.2 Å². The molecule has 0 atom stereocenters. The number of hydrogen-bond donors (Lipinski definition) is 1. The zero-order chi connectivity index (χ0) is 15.0. The smallest absolute Gasteiger partial charge is 0.332 e. The topological polar surface area (TPSA) is 119 Å². The molecule has 20 heavy (non-hydrogen) atoms. The first kappa shape index (κ1) is 13.6. The van der Waals surface area contributed by atoms with Gasteiger partial charge in [-0.3, -0.25) is 18.7 Å². The maximum atomic E-state index is 12.0. The van der Waals surface area contributed by atoms with Crippen molar-refractivity contribution in [1.29, 1.82) is 0 Å². The van der Waals surface area contributed by atoms with E-state index in [1.165, 1.54) is 21.0 Å². The van der Waals surface area contributed by atoms with Gasteiger partial charge >= 0.3 is 5.69 Å². The van der Waals surface area contributed by atoms with E-state index in [2.05, 4.69) is 15.1 Å². The van der Waals surface area contributed by atoms with Crippen molar-refractivity contribution in [1.82, 2.24) is 19.1 Å². The molecule has 0 amide bonds. The normalized spacial score (nSPS) is 11.8. The highest BCUT2D eigenvalue weighted by Gasteiger charge is 2.16. The zero-order valence-corrected chi connectivity index (χ0v) is 11.0. The Morgan fingerprint density at radius 3 is 2.50 bits per heavy atom. The number of hydrogen-bond acceptors (Lipinski definition) is 7. The molecule has 9 nitrogen and oxygen atoms in total. The second kappa shape index (κ2) is 4.68. The average Bonchev–Trinajstić information content (AvgIpc) is 2.43. The quantitative estimate of drug-likeness (QED) is 0.418. The van der Waals surface area contributed by atoms with Gasteiger partial charge in [0.2, 0.25) is 0 Å². The Hall–Kier alpha value is -2.84. The van der Waals surface area contributed by atoms with Crippen molar-refractivity contribution in [3.8, 4) is 0 Å². The van der Waals surface area contributed by atoms with E-state index >= 15 is 0 Å². The summed E-state index contributed by atoms with van der Waals surface area (Å²) in [5.41, 5.74) is -1.53. The van der Waals surface area contributed by atoms with Gasteiger partial charge in [-0.15, -0.1) is 0 Å². The summed E-state index contributed by atoms with van der Waals surface area (Å²) in [6.07, 6.45) is 1.16. The molecule has 2 heterocycles. The molecule has 2 aromatic rings. The Bertz CT molecular complexity index is 861. The Balaban J connectivity index is 2.89. The highest BCUT2D eigenvalue weighted by atomic mass is 16.4. The molecule has 0 aliphatic carbocycles. The standard InChI is InChI=1S/C11H11N5O4/c1-5(17)7(14-20)6-4-12-9-8(13-6)10(18)16(3)11(19)15(9)2/h4,20H,1-3H3/b14-7+. The fraction of sp³-hybridized carbons (Fsp3) is 0.273. The van der Waals surface area contributed by atoms with Gasteiger partial charge in [0.15, 0.2) is 22.7 Å². The van der Waals surface area contributed by atoms with Crippen molar-refractivity contribution in [2.24, 2.45) is 19.3 Å². The van der Waals surface area contributed by atoms with Crippen molar-refractivity contribution in [3.05, 3.63) is 32.7 Å². The maximum absolute atomic E-state index is 12.0. The van der Waals surface area contributed by atoms with E-state index in [-0.39, 0.29) is 22.6 Å². The third-order valence-electron chi connectivity index (χ3n) is 2.83. The molecule has 0 saturated heterocycles. The van der Waals surface area contributed by atoms with Gasteiger partial charge in [-0.2, -0.15) is 0 Å². The Labute approximate surface area is 111 Å². The minimum Gasteiger partial charge on any atom is -0.410 e. The fourth-order valence-electron chi connectivity index (χ4n) is 1.75. The van der Waals surface area contributed by atoms with Gasteiger partial charge in [-0.1, -0.05) is 5.16 Å². The predicted octanol–water partition coefficient (Wildman–Crippen LogP) is -1.21. The second-order valence-corrected chi connectivity index (χ2v) is 4.14. The Morgan fingerprint density at radius 1 is 1.30 bits per heavy atom. The van der Waals surface area contributed by atoms with Crippen molar-refractivity contribution < 1.29 is 10.0 Å². The van der Waals surface area contributed by atoms with Crippen molar-refractivity contribution >= 4 is 22.7 Å². The van der Waals surface area contributed by atoms with Gasteiger partial charge in [0, 0.05) is 21.0 Å². The number of carbonyl (C=O) groups is 1. The lowest BCUT2D eigenvalue weighted by Crippen LogP contribution is -2.38. The Kier molecular flexibility index (Phi) is 3.18. The first-order chi connectivity index (χ1) is 9.38. The molecule has 0 bridgehead atoms. The molecule has 0 radical (unpaired) electrons. The van der Waals surface area contributed by atoms with Crippen LogP contribution in [0.15, 0.2) is 20.9 Å². The van der Waals surface area contributed by atoms with Crippen molar-refractivity contribution in [2.45, 2.75) is 6.92 Å². The number of Topliss-reactive ketones (excluding diaryl/α,β-unsaturated/α-hetero) is 1. The van der Waals surface area contributed by atoms with Crippen LogP contribution in [0.25, 0.3) is 11.2 Å². The highest BCUT2D eigenvalue weighted by molar-refractivity contribution is 6.44. The molecule has 0 fully saturated rings. The van der Waals surface area contributed by atoms with Crippen molar-refractivity contribution in [2.75, 3.05) is 0 Å². The van der Waals surface area contributed by atoms with Gasteiger partial charge in [0.1, 0.15) is 5.69 Å². The molecule has 2 aromatic heterocycles. The molecule has 104 valence electrons. The van der Waals surface area contributed by atoms with Crippen LogP contribution in [0.2, 0.25) is 0 Å². The molecular weight excluding hydrogens is 266 g/mol. The summed E-state index contributed by atoms with van der Waals surface area (Å²) in [7, 11) is 2.76. The van der Waals surface area contributed by atoms with Crippen LogP contribution in [0.4, 0.5) is 0 Å². The predicted molar refractivity (Wildman–Crippen MR) is 69.0 cm³/mol. The molecule has 1 N–H and O–H groups in total. The molecule has 0 aliphatic heterocycles. The Morgan fingerprint density at radius 2 is 1.95 bits per heavy atom. The summed E-state index contributed by atoms with van der Waals surface area (Å²) in [5.74, 6) is -0.525. The first-order valence-electron chi connectivity index (χ1n) is 5.54. The van der Waals surface area contributed by atoms with E-state index in [9.17, 15) is 14.4 Å². The molecule has 0 aliphatic rings. The molecular formula is C11H11N5O4. The van der Waals surface area contributed by atoms with Gasteiger partial charge in [-0.05, 0) is 0 Å².